The standard InChI is InChI=1S/C14H22N4O2S/c1-17-12(15-16-13(17)21-10-11(19)20)18-8-6-14(7-9-18)4-2-3-5-14/h2-10H2,1H3,(H,19,20). The summed E-state index contributed by atoms with van der Waals surface area (Å²) >= 11 is 1.22. The molecule has 2 aliphatic rings. The molecular formula is C14H22N4O2S. The van der Waals surface area contributed by atoms with Gasteiger partial charge in [0, 0.05) is 20.1 Å². The maximum absolute atomic E-state index is 10.6. The Kier molecular flexibility index (Phi) is 4.10. The minimum absolute atomic E-state index is 0.0229. The summed E-state index contributed by atoms with van der Waals surface area (Å²) in [5.41, 5.74) is 0.593. The molecule has 0 radical (unpaired) electrons. The molecule has 1 saturated carbocycles. The Labute approximate surface area is 128 Å². The Balaban J connectivity index is 1.64. The van der Waals surface area contributed by atoms with Crippen molar-refractivity contribution in [3.05, 3.63) is 0 Å². The minimum Gasteiger partial charge on any atom is -0.481 e. The Hall–Kier alpha value is -1.24. The molecule has 0 unspecified atom stereocenters. The average Bonchev–Trinajstić information content (AvgIpc) is 3.06. The maximum atomic E-state index is 10.6. The van der Waals surface area contributed by atoms with E-state index in [1.54, 1.807) is 0 Å². The lowest BCUT2D eigenvalue weighted by atomic mass is 9.77. The number of anilines is 1. The molecule has 3 rings (SSSR count). The summed E-state index contributed by atoms with van der Waals surface area (Å²) in [6.07, 6.45) is 8.05. The first kappa shape index (κ1) is 14.7. The zero-order valence-corrected chi connectivity index (χ0v) is 13.2. The summed E-state index contributed by atoms with van der Waals surface area (Å²) in [6, 6.07) is 0. The van der Waals surface area contributed by atoms with Gasteiger partial charge in [-0.05, 0) is 31.1 Å². The second kappa shape index (κ2) is 5.87. The Morgan fingerprint density at radius 2 is 1.90 bits per heavy atom. The largest absolute Gasteiger partial charge is 0.481 e. The van der Waals surface area contributed by atoms with Crippen LogP contribution in [0.3, 0.4) is 0 Å². The van der Waals surface area contributed by atoms with Gasteiger partial charge in [-0.15, -0.1) is 10.2 Å². The summed E-state index contributed by atoms with van der Waals surface area (Å²) < 4.78 is 1.92. The molecule has 0 bridgehead atoms. The van der Waals surface area contributed by atoms with Crippen molar-refractivity contribution in [1.29, 1.82) is 0 Å². The molecule has 1 aliphatic carbocycles. The molecule has 0 aromatic carbocycles. The molecule has 1 aliphatic heterocycles. The number of aromatic nitrogens is 3. The first-order valence-corrected chi connectivity index (χ1v) is 8.57. The number of hydrogen-bond acceptors (Lipinski definition) is 5. The van der Waals surface area contributed by atoms with Gasteiger partial charge in [-0.2, -0.15) is 0 Å². The zero-order chi connectivity index (χ0) is 14.9. The van der Waals surface area contributed by atoms with E-state index in [4.69, 9.17) is 5.11 Å². The van der Waals surface area contributed by atoms with Crippen molar-refractivity contribution in [2.24, 2.45) is 12.5 Å². The van der Waals surface area contributed by atoms with Crippen LogP contribution >= 0.6 is 11.8 Å². The van der Waals surface area contributed by atoms with Gasteiger partial charge in [0.25, 0.3) is 0 Å². The highest BCUT2D eigenvalue weighted by Crippen LogP contribution is 2.46. The second-order valence-corrected chi connectivity index (χ2v) is 7.16. The number of carbonyl (C=O) groups is 1. The van der Waals surface area contributed by atoms with Crippen LogP contribution in [0, 0.1) is 5.41 Å². The van der Waals surface area contributed by atoms with Crippen molar-refractivity contribution in [2.45, 2.75) is 43.7 Å². The fourth-order valence-electron chi connectivity index (χ4n) is 3.64. The number of rotatable bonds is 4. The highest BCUT2D eigenvalue weighted by atomic mass is 32.2. The third kappa shape index (κ3) is 3.02. The van der Waals surface area contributed by atoms with Gasteiger partial charge in [0.1, 0.15) is 0 Å². The van der Waals surface area contributed by atoms with E-state index in [0.717, 1.165) is 19.0 Å². The van der Waals surface area contributed by atoms with E-state index in [1.165, 1.54) is 50.3 Å². The molecule has 1 aromatic heterocycles. The summed E-state index contributed by atoms with van der Waals surface area (Å²) in [5.74, 6) is 0.0659. The van der Waals surface area contributed by atoms with E-state index in [9.17, 15) is 4.79 Å². The van der Waals surface area contributed by atoms with E-state index in [0.29, 0.717) is 10.6 Å². The molecule has 116 valence electrons. The quantitative estimate of drug-likeness (QED) is 0.859. The Morgan fingerprint density at radius 3 is 2.52 bits per heavy atom. The average molecular weight is 310 g/mol. The molecule has 1 spiro atoms. The summed E-state index contributed by atoms with van der Waals surface area (Å²) in [5, 5.41) is 17.8. The molecule has 1 N–H and O–H groups in total. The van der Waals surface area contributed by atoms with Crippen LogP contribution in [-0.4, -0.2) is 44.7 Å². The third-order valence-electron chi connectivity index (χ3n) is 4.91. The van der Waals surface area contributed by atoms with Crippen molar-refractivity contribution in [1.82, 2.24) is 14.8 Å². The smallest absolute Gasteiger partial charge is 0.313 e. The molecule has 2 fully saturated rings. The molecule has 6 nitrogen and oxygen atoms in total. The first-order chi connectivity index (χ1) is 10.1. The number of carboxylic acid groups (broad SMARTS) is 1. The van der Waals surface area contributed by atoms with Crippen LogP contribution in [0.15, 0.2) is 5.16 Å². The van der Waals surface area contributed by atoms with Gasteiger partial charge in [0.05, 0.1) is 5.75 Å². The fourth-order valence-corrected chi connectivity index (χ4v) is 4.27. The predicted octanol–water partition coefficient (Wildman–Crippen LogP) is 2.15. The van der Waals surface area contributed by atoms with Crippen molar-refractivity contribution in [3.63, 3.8) is 0 Å². The van der Waals surface area contributed by atoms with E-state index in [-0.39, 0.29) is 5.75 Å². The van der Waals surface area contributed by atoms with Gasteiger partial charge in [-0.1, -0.05) is 24.6 Å². The second-order valence-electron chi connectivity index (χ2n) is 6.22. The molecule has 7 heteroatoms. The maximum Gasteiger partial charge on any atom is 0.313 e. The number of carboxylic acids is 1. The molecule has 2 heterocycles. The van der Waals surface area contributed by atoms with Crippen LogP contribution in [0.25, 0.3) is 0 Å². The van der Waals surface area contributed by atoms with Gasteiger partial charge in [0.15, 0.2) is 5.16 Å². The third-order valence-corrected chi connectivity index (χ3v) is 5.91. The lowest BCUT2D eigenvalue weighted by Gasteiger charge is -2.39. The van der Waals surface area contributed by atoms with Gasteiger partial charge in [-0.25, -0.2) is 0 Å². The van der Waals surface area contributed by atoms with Crippen molar-refractivity contribution < 1.29 is 9.90 Å². The topological polar surface area (TPSA) is 71.2 Å². The number of piperidine rings is 1. The molecular weight excluding hydrogens is 288 g/mol. The Morgan fingerprint density at radius 1 is 1.24 bits per heavy atom. The van der Waals surface area contributed by atoms with E-state index in [2.05, 4.69) is 15.1 Å². The van der Waals surface area contributed by atoms with Gasteiger partial charge < -0.3 is 10.0 Å². The molecule has 21 heavy (non-hydrogen) atoms. The van der Waals surface area contributed by atoms with Crippen LogP contribution in [0.2, 0.25) is 0 Å². The minimum atomic E-state index is -0.828. The monoisotopic (exact) mass is 310 g/mol. The number of hydrogen-bond donors (Lipinski definition) is 1. The van der Waals surface area contributed by atoms with Gasteiger partial charge >= 0.3 is 5.97 Å². The van der Waals surface area contributed by atoms with Crippen LogP contribution < -0.4 is 4.90 Å². The number of nitrogens with zero attached hydrogens (tertiary/aromatic N) is 4. The predicted molar refractivity (Wildman–Crippen MR) is 81.7 cm³/mol. The summed E-state index contributed by atoms with van der Waals surface area (Å²) in [7, 11) is 1.92. The molecule has 1 saturated heterocycles. The molecule has 0 atom stereocenters. The van der Waals surface area contributed by atoms with Gasteiger partial charge in [-0.3, -0.25) is 9.36 Å². The van der Waals surface area contributed by atoms with Crippen molar-refractivity contribution in [2.75, 3.05) is 23.7 Å². The highest BCUT2D eigenvalue weighted by Gasteiger charge is 2.37. The number of aliphatic carboxylic acids is 1. The van der Waals surface area contributed by atoms with E-state index < -0.39 is 5.97 Å². The molecule has 0 amide bonds. The van der Waals surface area contributed by atoms with E-state index in [1.807, 2.05) is 11.6 Å². The van der Waals surface area contributed by atoms with Crippen molar-refractivity contribution in [3.8, 4) is 0 Å². The Bertz CT molecular complexity index is 515. The van der Waals surface area contributed by atoms with Gasteiger partial charge in [0.2, 0.25) is 5.95 Å². The first-order valence-electron chi connectivity index (χ1n) is 7.59. The SMILES string of the molecule is Cn1c(SCC(=O)O)nnc1N1CCC2(CCCC2)CC1. The molecule has 1 aromatic rings. The van der Waals surface area contributed by atoms with Crippen LogP contribution in [0.1, 0.15) is 38.5 Å². The highest BCUT2D eigenvalue weighted by molar-refractivity contribution is 7.99. The fraction of sp³-hybridized carbons (Fsp3) is 0.786. The number of thioether (sulfide) groups is 1. The van der Waals surface area contributed by atoms with Crippen molar-refractivity contribution >= 4 is 23.7 Å². The summed E-state index contributed by atoms with van der Waals surface area (Å²) in [4.78, 5) is 12.9. The van der Waals surface area contributed by atoms with Crippen LogP contribution in [0.5, 0.6) is 0 Å². The van der Waals surface area contributed by atoms with E-state index >= 15 is 0 Å². The normalized spacial score (nSPS) is 21.1. The van der Waals surface area contributed by atoms with Crippen LogP contribution in [-0.2, 0) is 11.8 Å². The van der Waals surface area contributed by atoms with Crippen LogP contribution in [0.4, 0.5) is 5.95 Å². The zero-order valence-electron chi connectivity index (χ0n) is 12.4. The lowest BCUT2D eigenvalue weighted by Crippen LogP contribution is -2.40. The lowest BCUT2D eigenvalue weighted by molar-refractivity contribution is -0.133. The summed E-state index contributed by atoms with van der Waals surface area (Å²) in [6.45, 7) is 2.07.